The minimum Gasteiger partial charge on any atom is -0.384 e. The second-order valence-electron chi connectivity index (χ2n) is 7.55. The number of aromatic nitrogens is 5. The van der Waals surface area contributed by atoms with E-state index in [2.05, 4.69) is 24.8 Å². The van der Waals surface area contributed by atoms with Gasteiger partial charge in [0.25, 0.3) is 5.56 Å². The number of hydrogen-bond acceptors (Lipinski definition) is 7. The molecule has 8 nitrogen and oxygen atoms in total. The largest absolute Gasteiger partial charge is 0.384 e. The van der Waals surface area contributed by atoms with Crippen LogP contribution in [0.15, 0.2) is 41.7 Å². The Morgan fingerprint density at radius 2 is 2.04 bits per heavy atom. The van der Waals surface area contributed by atoms with Gasteiger partial charge in [0.2, 0.25) is 0 Å². The first-order chi connectivity index (χ1) is 13.6. The van der Waals surface area contributed by atoms with E-state index in [-0.39, 0.29) is 11.0 Å². The fraction of sp³-hybridized carbons (Fsp3) is 0.350. The molecule has 0 bridgehead atoms. The number of nitrogens with two attached hydrogens (primary N) is 1. The first kappa shape index (κ1) is 16.9. The lowest BCUT2D eigenvalue weighted by Crippen LogP contribution is -2.42. The van der Waals surface area contributed by atoms with Gasteiger partial charge in [-0.05, 0) is 37.8 Å². The number of H-pyrrole nitrogens is 1. The average Bonchev–Trinajstić information content (AvgIpc) is 3.08. The maximum atomic E-state index is 12.7. The second kappa shape index (κ2) is 6.40. The van der Waals surface area contributed by atoms with Crippen molar-refractivity contribution < 1.29 is 0 Å². The lowest BCUT2D eigenvalue weighted by atomic mass is 9.76. The molecular weight excluding hydrogens is 354 g/mol. The topological polar surface area (TPSA) is 114 Å². The number of piperidine rings is 1. The molecule has 1 saturated heterocycles. The van der Waals surface area contributed by atoms with E-state index in [1.807, 2.05) is 18.2 Å². The van der Waals surface area contributed by atoms with Gasteiger partial charge in [0.1, 0.15) is 23.8 Å². The molecule has 1 aliphatic carbocycles. The molecule has 0 amide bonds. The van der Waals surface area contributed by atoms with Gasteiger partial charge >= 0.3 is 0 Å². The van der Waals surface area contributed by atoms with E-state index in [1.54, 1.807) is 12.4 Å². The highest BCUT2D eigenvalue weighted by Gasteiger charge is 2.44. The quantitative estimate of drug-likeness (QED) is 0.700. The molecule has 1 fully saturated rings. The molecule has 142 valence electrons. The summed E-state index contributed by atoms with van der Waals surface area (Å²) in [7, 11) is 0. The van der Waals surface area contributed by atoms with Gasteiger partial charge in [0, 0.05) is 48.1 Å². The lowest BCUT2D eigenvalue weighted by molar-refractivity contribution is 0.322. The van der Waals surface area contributed by atoms with Crippen LogP contribution >= 0.6 is 0 Å². The maximum absolute atomic E-state index is 12.7. The zero-order valence-electron chi connectivity index (χ0n) is 15.4. The molecule has 0 radical (unpaired) electrons. The van der Waals surface area contributed by atoms with Gasteiger partial charge in [-0.2, -0.15) is 0 Å². The third-order valence-electron chi connectivity index (χ3n) is 6.02. The Morgan fingerprint density at radius 1 is 1.18 bits per heavy atom. The molecule has 0 atom stereocenters. The maximum Gasteiger partial charge on any atom is 0.254 e. The summed E-state index contributed by atoms with van der Waals surface area (Å²) in [5.41, 5.74) is 8.38. The summed E-state index contributed by atoms with van der Waals surface area (Å²) in [6.45, 7) is 1.71. The van der Waals surface area contributed by atoms with Gasteiger partial charge in [-0.3, -0.25) is 9.78 Å². The van der Waals surface area contributed by atoms with Crippen molar-refractivity contribution in [1.82, 2.24) is 24.9 Å². The second-order valence-corrected chi connectivity index (χ2v) is 7.55. The predicted molar refractivity (Wildman–Crippen MR) is 106 cm³/mol. The number of pyridine rings is 1. The SMILES string of the molecule is Nc1cc(N2CCC3(CCc4c3nc(-c3cccnc3)[nH]c4=O)CC2)ncn1. The van der Waals surface area contributed by atoms with E-state index in [9.17, 15) is 4.79 Å². The molecule has 5 rings (SSSR count). The van der Waals surface area contributed by atoms with Gasteiger partial charge in [-0.1, -0.05) is 0 Å². The Labute approximate surface area is 161 Å². The minimum absolute atomic E-state index is 0.0215. The molecule has 2 aliphatic rings. The van der Waals surface area contributed by atoms with Crippen molar-refractivity contribution >= 4 is 11.6 Å². The molecule has 0 aromatic carbocycles. The van der Waals surface area contributed by atoms with Crippen LogP contribution < -0.4 is 16.2 Å². The molecule has 4 heterocycles. The molecule has 8 heteroatoms. The summed E-state index contributed by atoms with van der Waals surface area (Å²) >= 11 is 0. The first-order valence-electron chi connectivity index (χ1n) is 9.51. The van der Waals surface area contributed by atoms with Crippen LogP contribution in [0.1, 0.15) is 30.5 Å². The molecule has 1 spiro atoms. The summed E-state index contributed by atoms with van der Waals surface area (Å²) in [6, 6.07) is 5.58. The third-order valence-corrected chi connectivity index (χ3v) is 6.02. The Balaban J connectivity index is 1.47. The molecule has 3 aromatic rings. The Bertz CT molecular complexity index is 1070. The van der Waals surface area contributed by atoms with Gasteiger partial charge in [0.15, 0.2) is 0 Å². The molecule has 0 unspecified atom stereocenters. The average molecular weight is 375 g/mol. The van der Waals surface area contributed by atoms with Gasteiger partial charge in [0.05, 0.1) is 5.69 Å². The number of nitrogen functional groups attached to an aromatic ring is 1. The van der Waals surface area contributed by atoms with Crippen molar-refractivity contribution in [3.8, 4) is 11.4 Å². The molecule has 3 aromatic heterocycles. The zero-order valence-corrected chi connectivity index (χ0v) is 15.4. The van der Waals surface area contributed by atoms with Crippen LogP contribution in [0.5, 0.6) is 0 Å². The molecule has 3 N–H and O–H groups in total. The summed E-state index contributed by atoms with van der Waals surface area (Å²) < 4.78 is 0. The van der Waals surface area contributed by atoms with Crippen molar-refractivity contribution in [2.45, 2.75) is 31.1 Å². The van der Waals surface area contributed by atoms with E-state index in [0.29, 0.717) is 11.6 Å². The van der Waals surface area contributed by atoms with Crippen molar-refractivity contribution in [2.75, 3.05) is 23.7 Å². The smallest absolute Gasteiger partial charge is 0.254 e. The van der Waals surface area contributed by atoms with Crippen molar-refractivity contribution in [1.29, 1.82) is 0 Å². The van der Waals surface area contributed by atoms with Crippen molar-refractivity contribution in [2.24, 2.45) is 0 Å². The highest BCUT2D eigenvalue weighted by atomic mass is 16.1. The normalized spacial score (nSPS) is 17.6. The highest BCUT2D eigenvalue weighted by Crippen LogP contribution is 2.45. The minimum atomic E-state index is -0.0460. The van der Waals surface area contributed by atoms with Crippen LogP contribution in [0.4, 0.5) is 11.6 Å². The molecule has 28 heavy (non-hydrogen) atoms. The number of anilines is 2. The molecular formula is C20H21N7O. The zero-order chi connectivity index (χ0) is 19.1. The number of hydrogen-bond donors (Lipinski definition) is 2. The highest BCUT2D eigenvalue weighted by molar-refractivity contribution is 5.54. The van der Waals surface area contributed by atoms with E-state index in [1.165, 1.54) is 6.33 Å². The fourth-order valence-corrected chi connectivity index (χ4v) is 4.48. The Kier molecular flexibility index (Phi) is 3.85. The summed E-state index contributed by atoms with van der Waals surface area (Å²) in [4.78, 5) is 35.2. The standard InChI is InChI=1S/C20H21N7O/c21-15-10-16(24-12-23-15)27-8-5-20(6-9-27)4-3-14-17(20)25-18(26-19(14)28)13-2-1-7-22-11-13/h1-2,7,10-12H,3-6,8-9H2,(H2,21,23,24)(H,25,26,28). The van der Waals surface area contributed by atoms with Crippen molar-refractivity contribution in [3.05, 3.63) is 58.5 Å². The van der Waals surface area contributed by atoms with Crippen LogP contribution in [0.3, 0.4) is 0 Å². The Hall–Kier alpha value is -3.29. The van der Waals surface area contributed by atoms with Gasteiger partial charge < -0.3 is 15.6 Å². The number of fused-ring (bicyclic) bond motifs is 2. The van der Waals surface area contributed by atoms with Crippen molar-refractivity contribution in [3.63, 3.8) is 0 Å². The van der Waals surface area contributed by atoms with Crippen LogP contribution in [-0.4, -0.2) is 38.0 Å². The van der Waals surface area contributed by atoms with Crippen LogP contribution in [0, 0.1) is 0 Å². The molecule has 1 aliphatic heterocycles. The first-order valence-corrected chi connectivity index (χ1v) is 9.51. The fourth-order valence-electron chi connectivity index (χ4n) is 4.48. The van der Waals surface area contributed by atoms with Crippen LogP contribution in [0.25, 0.3) is 11.4 Å². The number of nitrogens with zero attached hydrogens (tertiary/aromatic N) is 5. The number of nitrogens with one attached hydrogen (secondary N) is 1. The third kappa shape index (κ3) is 2.72. The van der Waals surface area contributed by atoms with Gasteiger partial charge in [-0.25, -0.2) is 15.0 Å². The summed E-state index contributed by atoms with van der Waals surface area (Å²) in [6.07, 6.45) is 8.57. The Morgan fingerprint density at radius 3 is 2.79 bits per heavy atom. The lowest BCUT2D eigenvalue weighted by Gasteiger charge is -2.40. The van der Waals surface area contributed by atoms with Gasteiger partial charge in [-0.15, -0.1) is 0 Å². The predicted octanol–water partition coefficient (Wildman–Crippen LogP) is 1.69. The van der Waals surface area contributed by atoms with Crippen LogP contribution in [0.2, 0.25) is 0 Å². The monoisotopic (exact) mass is 375 g/mol. The number of aromatic amines is 1. The van der Waals surface area contributed by atoms with E-state index >= 15 is 0 Å². The summed E-state index contributed by atoms with van der Waals surface area (Å²) in [5, 5.41) is 0. The van der Waals surface area contributed by atoms with E-state index in [0.717, 1.165) is 61.4 Å². The molecule has 0 saturated carbocycles. The number of rotatable bonds is 2. The summed E-state index contributed by atoms with van der Waals surface area (Å²) in [5.74, 6) is 1.94. The van der Waals surface area contributed by atoms with E-state index in [4.69, 9.17) is 10.7 Å². The van der Waals surface area contributed by atoms with Crippen LogP contribution in [-0.2, 0) is 11.8 Å². The van der Waals surface area contributed by atoms with E-state index < -0.39 is 0 Å².